The molecule has 1 aromatic heterocycles. The second-order valence-corrected chi connectivity index (χ2v) is 7.19. The van der Waals surface area contributed by atoms with Crippen LogP contribution < -0.4 is 4.90 Å². The van der Waals surface area contributed by atoms with E-state index in [1.165, 1.54) is 4.90 Å². The van der Waals surface area contributed by atoms with E-state index in [9.17, 15) is 14.7 Å². The minimum Gasteiger partial charge on any atom is -0.507 e. The summed E-state index contributed by atoms with van der Waals surface area (Å²) in [5, 5.41) is 10.9. The number of rotatable bonds is 3. The van der Waals surface area contributed by atoms with Gasteiger partial charge in [0.05, 0.1) is 11.6 Å². The highest BCUT2D eigenvalue weighted by Crippen LogP contribution is 2.41. The van der Waals surface area contributed by atoms with E-state index in [4.69, 9.17) is 0 Å². The first-order valence-corrected chi connectivity index (χ1v) is 9.40. The fourth-order valence-electron chi connectivity index (χ4n) is 3.28. The number of aliphatic hydroxyl groups is 1. The summed E-state index contributed by atoms with van der Waals surface area (Å²) >= 11 is 3.35. The Labute approximate surface area is 170 Å². The monoisotopic (exact) mass is 434 g/mol. The molecular weight excluding hydrogens is 420 g/mol. The van der Waals surface area contributed by atoms with E-state index in [1.54, 1.807) is 48.7 Å². The van der Waals surface area contributed by atoms with Crippen LogP contribution in [0.3, 0.4) is 0 Å². The largest absolute Gasteiger partial charge is 0.507 e. The molecule has 1 aliphatic rings. The molecule has 0 saturated carbocycles. The van der Waals surface area contributed by atoms with Crippen molar-refractivity contribution >= 4 is 39.2 Å². The summed E-state index contributed by atoms with van der Waals surface area (Å²) in [7, 11) is 0. The number of hydrogen-bond donors (Lipinski definition) is 1. The number of aliphatic hydroxyl groups excluding tert-OH is 1. The number of benzene rings is 2. The molecule has 2 aromatic carbocycles. The van der Waals surface area contributed by atoms with Gasteiger partial charge in [-0.25, -0.2) is 4.98 Å². The molecule has 1 amide bonds. The van der Waals surface area contributed by atoms with Gasteiger partial charge in [0.1, 0.15) is 11.6 Å². The lowest BCUT2D eigenvalue weighted by molar-refractivity contribution is -0.132. The fraction of sp³-hybridized carbons (Fsp3) is 0.0455. The van der Waals surface area contributed by atoms with Crippen LogP contribution in [0.2, 0.25) is 0 Å². The SMILES string of the molecule is O=C1C(=O)N(c2ccccn2)C(c2ccccc2)/C1=C(/O)c1ccc(Br)cc1. The number of pyridine rings is 1. The summed E-state index contributed by atoms with van der Waals surface area (Å²) < 4.78 is 0.845. The van der Waals surface area contributed by atoms with Crippen LogP contribution in [0.15, 0.2) is 89.0 Å². The van der Waals surface area contributed by atoms with Crippen molar-refractivity contribution in [1.82, 2.24) is 4.98 Å². The predicted octanol–water partition coefficient (Wildman–Crippen LogP) is 4.47. The molecule has 138 valence electrons. The number of ketones is 1. The maximum absolute atomic E-state index is 12.9. The van der Waals surface area contributed by atoms with E-state index < -0.39 is 17.7 Å². The standard InChI is InChI=1S/C22H15BrN2O3/c23-16-11-9-15(10-12-16)20(26)18-19(14-6-2-1-3-7-14)25(22(28)21(18)27)17-8-4-5-13-24-17/h1-13,19,26H/b20-18-. The average molecular weight is 435 g/mol. The third-order valence-corrected chi connectivity index (χ3v) is 5.10. The summed E-state index contributed by atoms with van der Waals surface area (Å²) in [5.74, 6) is -1.31. The van der Waals surface area contributed by atoms with Crippen molar-refractivity contribution in [3.05, 3.63) is 100 Å². The van der Waals surface area contributed by atoms with Crippen LogP contribution in [-0.2, 0) is 9.59 Å². The molecule has 1 fully saturated rings. The summed E-state index contributed by atoms with van der Waals surface area (Å²) in [4.78, 5) is 31.4. The van der Waals surface area contributed by atoms with E-state index >= 15 is 0 Å². The summed E-state index contributed by atoms with van der Waals surface area (Å²) in [5.41, 5.74) is 1.22. The Morgan fingerprint density at radius 3 is 2.25 bits per heavy atom. The van der Waals surface area contributed by atoms with Gasteiger partial charge in [-0.3, -0.25) is 14.5 Å². The van der Waals surface area contributed by atoms with E-state index in [-0.39, 0.29) is 11.3 Å². The number of amides is 1. The van der Waals surface area contributed by atoms with Crippen LogP contribution in [0.1, 0.15) is 17.2 Å². The smallest absolute Gasteiger partial charge is 0.301 e. The molecule has 0 aliphatic carbocycles. The third kappa shape index (κ3) is 3.12. The molecule has 0 spiro atoms. The molecule has 0 bridgehead atoms. The van der Waals surface area contributed by atoms with Crippen LogP contribution in [-0.4, -0.2) is 21.8 Å². The number of Topliss-reactive ketones (excluding diaryl/α,β-unsaturated/α-hetero) is 1. The van der Waals surface area contributed by atoms with Crippen LogP contribution >= 0.6 is 15.9 Å². The van der Waals surface area contributed by atoms with Crippen molar-refractivity contribution in [2.45, 2.75) is 6.04 Å². The molecular formula is C22H15BrN2O3. The first-order chi connectivity index (χ1) is 13.6. The van der Waals surface area contributed by atoms with E-state index in [0.717, 1.165) is 4.47 Å². The summed E-state index contributed by atoms with van der Waals surface area (Å²) in [6, 6.07) is 20.4. The topological polar surface area (TPSA) is 70.5 Å². The maximum atomic E-state index is 12.9. The van der Waals surface area contributed by atoms with Gasteiger partial charge in [-0.1, -0.05) is 64.5 Å². The lowest BCUT2D eigenvalue weighted by Crippen LogP contribution is -2.30. The second kappa shape index (κ2) is 7.40. The van der Waals surface area contributed by atoms with Gasteiger partial charge in [-0.05, 0) is 29.8 Å². The van der Waals surface area contributed by atoms with E-state index in [1.807, 2.05) is 30.3 Å². The lowest BCUT2D eigenvalue weighted by Gasteiger charge is -2.24. The highest BCUT2D eigenvalue weighted by Gasteiger charge is 2.47. The molecule has 1 atom stereocenters. The maximum Gasteiger partial charge on any atom is 0.301 e. The Kier molecular flexibility index (Phi) is 4.79. The van der Waals surface area contributed by atoms with E-state index in [0.29, 0.717) is 16.9 Å². The Balaban J connectivity index is 1.94. The number of hydrogen-bond acceptors (Lipinski definition) is 4. The molecule has 1 N–H and O–H groups in total. The zero-order valence-corrected chi connectivity index (χ0v) is 16.2. The summed E-state index contributed by atoms with van der Waals surface area (Å²) in [6.07, 6.45) is 1.56. The van der Waals surface area contributed by atoms with Gasteiger partial charge in [-0.2, -0.15) is 0 Å². The van der Waals surface area contributed by atoms with E-state index in [2.05, 4.69) is 20.9 Å². The first kappa shape index (κ1) is 18.1. The number of carbonyl (C=O) groups is 2. The fourth-order valence-corrected chi connectivity index (χ4v) is 3.54. The Morgan fingerprint density at radius 2 is 1.61 bits per heavy atom. The summed E-state index contributed by atoms with van der Waals surface area (Å²) in [6.45, 7) is 0. The Hall–Kier alpha value is -3.25. The molecule has 3 aromatic rings. The van der Waals surface area contributed by atoms with Crippen molar-refractivity contribution in [3.63, 3.8) is 0 Å². The van der Waals surface area contributed by atoms with Crippen molar-refractivity contribution in [3.8, 4) is 0 Å². The van der Waals surface area contributed by atoms with Gasteiger partial charge >= 0.3 is 5.91 Å². The molecule has 1 unspecified atom stereocenters. The van der Waals surface area contributed by atoms with Crippen LogP contribution in [0.4, 0.5) is 5.82 Å². The zero-order chi connectivity index (χ0) is 19.7. The highest BCUT2D eigenvalue weighted by atomic mass is 79.9. The van der Waals surface area contributed by atoms with Gasteiger partial charge in [0.2, 0.25) is 0 Å². The highest BCUT2D eigenvalue weighted by molar-refractivity contribution is 9.10. The van der Waals surface area contributed by atoms with Crippen molar-refractivity contribution in [2.75, 3.05) is 4.90 Å². The lowest BCUT2D eigenvalue weighted by atomic mass is 9.95. The number of halogens is 1. The first-order valence-electron chi connectivity index (χ1n) is 8.61. The molecule has 28 heavy (non-hydrogen) atoms. The minimum atomic E-state index is -0.764. The minimum absolute atomic E-state index is 0.0455. The molecule has 6 heteroatoms. The zero-order valence-electron chi connectivity index (χ0n) is 14.6. The molecule has 4 rings (SSSR count). The molecule has 1 aliphatic heterocycles. The second-order valence-electron chi connectivity index (χ2n) is 6.27. The number of carbonyl (C=O) groups excluding carboxylic acids is 2. The molecule has 1 saturated heterocycles. The number of aromatic nitrogens is 1. The van der Waals surface area contributed by atoms with Crippen molar-refractivity contribution in [2.24, 2.45) is 0 Å². The third-order valence-electron chi connectivity index (χ3n) is 4.57. The number of nitrogens with zero attached hydrogens (tertiary/aromatic N) is 2. The molecule has 0 radical (unpaired) electrons. The van der Waals surface area contributed by atoms with Crippen molar-refractivity contribution < 1.29 is 14.7 Å². The van der Waals surface area contributed by atoms with Crippen LogP contribution in [0.5, 0.6) is 0 Å². The normalized spacial score (nSPS) is 18.5. The Bertz CT molecular complexity index is 1060. The van der Waals surface area contributed by atoms with Gasteiger partial charge in [0, 0.05) is 16.2 Å². The van der Waals surface area contributed by atoms with Gasteiger partial charge < -0.3 is 5.11 Å². The number of anilines is 1. The van der Waals surface area contributed by atoms with Crippen LogP contribution in [0, 0.1) is 0 Å². The Morgan fingerprint density at radius 1 is 0.929 bits per heavy atom. The van der Waals surface area contributed by atoms with Gasteiger partial charge in [0.15, 0.2) is 0 Å². The predicted molar refractivity (Wildman–Crippen MR) is 110 cm³/mol. The van der Waals surface area contributed by atoms with Crippen molar-refractivity contribution in [1.29, 1.82) is 0 Å². The quantitative estimate of drug-likeness (QED) is 0.375. The van der Waals surface area contributed by atoms with Crippen LogP contribution in [0.25, 0.3) is 5.76 Å². The molecule has 2 heterocycles. The average Bonchev–Trinajstić information content (AvgIpc) is 3.00. The van der Waals surface area contributed by atoms with Gasteiger partial charge in [-0.15, -0.1) is 0 Å². The van der Waals surface area contributed by atoms with Gasteiger partial charge in [0.25, 0.3) is 5.78 Å². The molecule has 5 nitrogen and oxygen atoms in total.